The number of guanidine groups is 1. The summed E-state index contributed by atoms with van der Waals surface area (Å²) in [4.78, 5) is 4.61. The van der Waals surface area contributed by atoms with E-state index in [1.54, 1.807) is 6.33 Å². The predicted molar refractivity (Wildman–Crippen MR) is 118 cm³/mol. The summed E-state index contributed by atoms with van der Waals surface area (Å²) in [6.45, 7) is 7.32. The van der Waals surface area contributed by atoms with Crippen molar-refractivity contribution in [3.05, 3.63) is 47.8 Å². The van der Waals surface area contributed by atoms with Crippen LogP contribution in [0.15, 0.2) is 35.6 Å². The van der Waals surface area contributed by atoms with Gasteiger partial charge in [0.1, 0.15) is 18.0 Å². The third-order valence-electron chi connectivity index (χ3n) is 4.06. The topological polar surface area (TPSA) is 67.1 Å². The first kappa shape index (κ1) is 23.3. The fourth-order valence-electron chi connectivity index (χ4n) is 2.53. The smallest absolute Gasteiger partial charge is 0.191 e. The SMILES string of the molecule is CCCCN=C(NCCc1ccc(F)cc1)NCCn1cnnc1CC.I. The van der Waals surface area contributed by atoms with Gasteiger partial charge in [0.15, 0.2) is 5.96 Å². The molecule has 6 nitrogen and oxygen atoms in total. The van der Waals surface area contributed by atoms with E-state index in [-0.39, 0.29) is 29.8 Å². The number of nitrogens with zero attached hydrogens (tertiary/aromatic N) is 4. The van der Waals surface area contributed by atoms with Crippen LogP contribution in [0.1, 0.15) is 38.1 Å². The van der Waals surface area contributed by atoms with E-state index in [4.69, 9.17) is 0 Å². The molecule has 1 heterocycles. The van der Waals surface area contributed by atoms with Crippen LogP contribution in [-0.4, -0.2) is 40.4 Å². The van der Waals surface area contributed by atoms with E-state index < -0.39 is 0 Å². The quantitative estimate of drug-likeness (QED) is 0.234. The van der Waals surface area contributed by atoms with Gasteiger partial charge in [-0.2, -0.15) is 0 Å². The van der Waals surface area contributed by atoms with Gasteiger partial charge in [-0.25, -0.2) is 4.39 Å². The summed E-state index contributed by atoms with van der Waals surface area (Å²) in [6, 6.07) is 6.62. The highest BCUT2D eigenvalue weighted by molar-refractivity contribution is 14.0. The lowest BCUT2D eigenvalue weighted by molar-refractivity contribution is 0.626. The molecule has 0 spiro atoms. The van der Waals surface area contributed by atoms with Crippen LogP contribution >= 0.6 is 24.0 Å². The van der Waals surface area contributed by atoms with Crippen molar-refractivity contribution in [3.8, 4) is 0 Å². The molecule has 0 saturated carbocycles. The normalized spacial score (nSPS) is 11.1. The van der Waals surface area contributed by atoms with Crippen molar-refractivity contribution >= 4 is 29.9 Å². The number of aryl methyl sites for hydroxylation is 1. The van der Waals surface area contributed by atoms with Gasteiger partial charge < -0.3 is 15.2 Å². The number of hydrogen-bond acceptors (Lipinski definition) is 3. The summed E-state index contributed by atoms with van der Waals surface area (Å²) >= 11 is 0. The van der Waals surface area contributed by atoms with Crippen LogP contribution in [0.4, 0.5) is 4.39 Å². The number of aromatic nitrogens is 3. The molecule has 0 saturated heterocycles. The minimum atomic E-state index is -0.203. The van der Waals surface area contributed by atoms with Gasteiger partial charge in [-0.1, -0.05) is 32.4 Å². The number of benzene rings is 1. The highest BCUT2D eigenvalue weighted by Crippen LogP contribution is 2.02. The van der Waals surface area contributed by atoms with Crippen LogP contribution in [0.5, 0.6) is 0 Å². The zero-order valence-electron chi connectivity index (χ0n) is 16.1. The fourth-order valence-corrected chi connectivity index (χ4v) is 2.53. The number of rotatable bonds is 10. The van der Waals surface area contributed by atoms with Crippen LogP contribution in [0, 0.1) is 5.82 Å². The van der Waals surface area contributed by atoms with E-state index in [0.29, 0.717) is 0 Å². The Balaban J connectivity index is 0.00000364. The maximum Gasteiger partial charge on any atom is 0.191 e. The fraction of sp³-hybridized carbons (Fsp3) is 0.526. The van der Waals surface area contributed by atoms with Crippen LogP contribution in [0.25, 0.3) is 0 Å². The number of unbranched alkanes of at least 4 members (excludes halogenated alkanes) is 1. The molecule has 150 valence electrons. The van der Waals surface area contributed by atoms with Crippen LogP contribution < -0.4 is 10.6 Å². The Bertz CT molecular complexity index is 671. The Morgan fingerprint density at radius 2 is 1.89 bits per heavy atom. The minimum Gasteiger partial charge on any atom is -0.356 e. The third kappa shape index (κ3) is 8.68. The summed E-state index contributed by atoms with van der Waals surface area (Å²) < 4.78 is 15.0. The molecule has 0 fully saturated rings. The Morgan fingerprint density at radius 3 is 2.59 bits per heavy atom. The van der Waals surface area contributed by atoms with Gasteiger partial charge in [0.05, 0.1) is 0 Å². The van der Waals surface area contributed by atoms with Crippen LogP contribution in [-0.2, 0) is 19.4 Å². The second kappa shape index (κ2) is 13.5. The zero-order valence-corrected chi connectivity index (χ0v) is 18.4. The van der Waals surface area contributed by atoms with E-state index in [1.807, 2.05) is 12.1 Å². The van der Waals surface area contributed by atoms with Gasteiger partial charge in [0.25, 0.3) is 0 Å². The average molecular weight is 488 g/mol. The third-order valence-corrected chi connectivity index (χ3v) is 4.06. The highest BCUT2D eigenvalue weighted by Gasteiger charge is 2.03. The van der Waals surface area contributed by atoms with Gasteiger partial charge in [-0.15, -0.1) is 34.2 Å². The monoisotopic (exact) mass is 488 g/mol. The zero-order chi connectivity index (χ0) is 18.6. The molecule has 0 radical (unpaired) electrons. The molecule has 27 heavy (non-hydrogen) atoms. The molecule has 0 aliphatic heterocycles. The van der Waals surface area contributed by atoms with Crippen molar-refractivity contribution in [1.29, 1.82) is 0 Å². The molecule has 2 aromatic rings. The Labute approximate surface area is 178 Å². The standard InChI is InChI=1S/C19H29FN6.HI/c1-3-5-11-21-19(22-12-10-16-6-8-17(20)9-7-16)23-13-14-26-15-24-25-18(26)4-2;/h6-9,15H,3-5,10-14H2,1-2H3,(H2,21,22,23);1H. The lowest BCUT2D eigenvalue weighted by Crippen LogP contribution is -2.40. The molecule has 0 amide bonds. The molecular weight excluding hydrogens is 458 g/mol. The minimum absolute atomic E-state index is 0. The van der Waals surface area contributed by atoms with Crippen molar-refractivity contribution in [2.75, 3.05) is 19.6 Å². The van der Waals surface area contributed by atoms with E-state index in [9.17, 15) is 4.39 Å². The van der Waals surface area contributed by atoms with Gasteiger partial charge in [-0.05, 0) is 30.5 Å². The molecule has 0 atom stereocenters. The Kier molecular flexibility index (Phi) is 11.6. The van der Waals surface area contributed by atoms with Crippen molar-refractivity contribution in [2.24, 2.45) is 4.99 Å². The summed E-state index contributed by atoms with van der Waals surface area (Å²) in [5.41, 5.74) is 1.10. The predicted octanol–water partition coefficient (Wildman–Crippen LogP) is 3.18. The number of nitrogens with one attached hydrogen (secondary N) is 2. The molecule has 2 N–H and O–H groups in total. The molecule has 2 rings (SSSR count). The highest BCUT2D eigenvalue weighted by atomic mass is 127. The van der Waals surface area contributed by atoms with Crippen LogP contribution in [0.2, 0.25) is 0 Å². The van der Waals surface area contributed by atoms with Gasteiger partial charge >= 0.3 is 0 Å². The molecule has 0 aliphatic carbocycles. The Hall–Kier alpha value is -1.71. The first-order chi connectivity index (χ1) is 12.7. The van der Waals surface area contributed by atoms with Gasteiger partial charge in [0.2, 0.25) is 0 Å². The van der Waals surface area contributed by atoms with Gasteiger partial charge in [-0.3, -0.25) is 4.99 Å². The van der Waals surface area contributed by atoms with Crippen molar-refractivity contribution < 1.29 is 4.39 Å². The van der Waals surface area contributed by atoms with Crippen molar-refractivity contribution in [2.45, 2.75) is 46.1 Å². The molecule has 0 unspecified atom stereocenters. The number of aliphatic imine (C=N–C) groups is 1. The van der Waals surface area contributed by atoms with Crippen molar-refractivity contribution in [1.82, 2.24) is 25.4 Å². The van der Waals surface area contributed by atoms with E-state index in [2.05, 4.69) is 44.2 Å². The summed E-state index contributed by atoms with van der Waals surface area (Å²) in [6.07, 6.45) is 5.63. The molecule has 0 aliphatic rings. The molecule has 1 aromatic heterocycles. The van der Waals surface area contributed by atoms with E-state index in [0.717, 1.165) is 69.2 Å². The second-order valence-corrected chi connectivity index (χ2v) is 6.11. The molecular formula is C19H30FIN6. The lowest BCUT2D eigenvalue weighted by atomic mass is 10.1. The maximum atomic E-state index is 13.0. The average Bonchev–Trinajstić information content (AvgIpc) is 3.10. The summed E-state index contributed by atoms with van der Waals surface area (Å²) in [7, 11) is 0. The molecule has 1 aromatic carbocycles. The summed E-state index contributed by atoms with van der Waals surface area (Å²) in [5.74, 6) is 1.60. The lowest BCUT2D eigenvalue weighted by Gasteiger charge is -2.13. The van der Waals surface area contributed by atoms with Gasteiger partial charge in [0, 0.05) is 32.6 Å². The van der Waals surface area contributed by atoms with E-state index >= 15 is 0 Å². The maximum absolute atomic E-state index is 13.0. The van der Waals surface area contributed by atoms with Crippen LogP contribution in [0.3, 0.4) is 0 Å². The number of halogens is 2. The molecule has 0 bridgehead atoms. The first-order valence-corrected chi connectivity index (χ1v) is 9.36. The largest absolute Gasteiger partial charge is 0.356 e. The molecule has 8 heteroatoms. The van der Waals surface area contributed by atoms with E-state index in [1.165, 1.54) is 12.1 Å². The second-order valence-electron chi connectivity index (χ2n) is 6.11. The Morgan fingerprint density at radius 1 is 1.15 bits per heavy atom. The summed E-state index contributed by atoms with van der Waals surface area (Å²) in [5, 5.41) is 14.8. The van der Waals surface area contributed by atoms with Crippen molar-refractivity contribution in [3.63, 3.8) is 0 Å². The number of hydrogen-bond donors (Lipinski definition) is 2. The first-order valence-electron chi connectivity index (χ1n) is 9.36.